The number of ether oxygens (including phenoxy) is 2. The van der Waals surface area contributed by atoms with Crippen molar-refractivity contribution in [3.8, 4) is 11.5 Å². The zero-order valence-corrected chi connectivity index (χ0v) is 15.3. The molecule has 3 aromatic rings. The number of nitro benzene ring substituents is 1. The SMILES string of the molecule is COc1cccc(OCc2ccc(C(=O)Nc3ccc([N+](=O)[O-])cc3C)o2)c1. The Bertz CT molecular complexity index is 1010. The van der Waals surface area contributed by atoms with Gasteiger partial charge in [0, 0.05) is 23.9 Å². The molecule has 1 aromatic heterocycles. The van der Waals surface area contributed by atoms with E-state index < -0.39 is 10.8 Å². The van der Waals surface area contributed by atoms with Crippen molar-refractivity contribution in [3.05, 3.63) is 81.8 Å². The molecule has 1 amide bonds. The minimum absolute atomic E-state index is 0.0366. The van der Waals surface area contributed by atoms with E-state index in [0.717, 1.165) is 0 Å². The Balaban J connectivity index is 1.63. The van der Waals surface area contributed by atoms with Crippen molar-refractivity contribution in [2.45, 2.75) is 13.5 Å². The smallest absolute Gasteiger partial charge is 0.291 e. The zero-order chi connectivity index (χ0) is 20.1. The van der Waals surface area contributed by atoms with E-state index in [2.05, 4.69) is 5.32 Å². The maximum absolute atomic E-state index is 12.4. The van der Waals surface area contributed by atoms with Crippen LogP contribution in [0.15, 0.2) is 59.0 Å². The van der Waals surface area contributed by atoms with Gasteiger partial charge in [-0.25, -0.2) is 0 Å². The molecule has 0 saturated carbocycles. The first kappa shape index (κ1) is 19.0. The van der Waals surface area contributed by atoms with Crippen molar-refractivity contribution in [2.75, 3.05) is 12.4 Å². The van der Waals surface area contributed by atoms with Gasteiger partial charge in [-0.3, -0.25) is 14.9 Å². The number of rotatable bonds is 7. The van der Waals surface area contributed by atoms with Gasteiger partial charge in [-0.1, -0.05) is 6.07 Å². The zero-order valence-electron chi connectivity index (χ0n) is 15.3. The van der Waals surface area contributed by atoms with Gasteiger partial charge < -0.3 is 19.2 Å². The van der Waals surface area contributed by atoms with Gasteiger partial charge in [-0.05, 0) is 42.8 Å². The van der Waals surface area contributed by atoms with Crippen LogP contribution in [0.5, 0.6) is 11.5 Å². The van der Waals surface area contributed by atoms with Gasteiger partial charge in [-0.15, -0.1) is 0 Å². The third kappa shape index (κ3) is 4.47. The Morgan fingerprint density at radius 1 is 1.14 bits per heavy atom. The maximum Gasteiger partial charge on any atom is 0.291 e. The van der Waals surface area contributed by atoms with Crippen molar-refractivity contribution >= 4 is 17.3 Å². The van der Waals surface area contributed by atoms with Crippen molar-refractivity contribution in [3.63, 3.8) is 0 Å². The number of anilines is 1. The molecule has 8 nitrogen and oxygen atoms in total. The molecule has 0 atom stereocenters. The van der Waals surface area contributed by atoms with Crippen molar-refractivity contribution < 1.29 is 23.6 Å². The van der Waals surface area contributed by atoms with E-state index in [-0.39, 0.29) is 18.1 Å². The van der Waals surface area contributed by atoms with E-state index >= 15 is 0 Å². The van der Waals surface area contributed by atoms with Gasteiger partial charge in [-0.2, -0.15) is 0 Å². The molecule has 0 aliphatic rings. The van der Waals surface area contributed by atoms with Crippen molar-refractivity contribution in [1.29, 1.82) is 0 Å². The first-order valence-corrected chi connectivity index (χ1v) is 8.38. The fourth-order valence-corrected chi connectivity index (χ4v) is 2.51. The standard InChI is InChI=1S/C20H18N2O6/c1-13-10-14(22(24)25)6-8-18(13)21-20(23)19-9-7-17(28-19)12-27-16-5-3-4-15(11-16)26-2/h3-11H,12H2,1-2H3,(H,21,23). The van der Waals surface area contributed by atoms with Crippen LogP contribution in [-0.4, -0.2) is 17.9 Å². The topological polar surface area (TPSA) is 104 Å². The molecule has 3 rings (SSSR count). The summed E-state index contributed by atoms with van der Waals surface area (Å²) < 4.78 is 16.3. The number of carbonyl (C=O) groups excluding carboxylic acids is 1. The molecule has 144 valence electrons. The van der Waals surface area contributed by atoms with Crippen LogP contribution < -0.4 is 14.8 Å². The van der Waals surface area contributed by atoms with Crippen molar-refractivity contribution in [1.82, 2.24) is 0 Å². The molecule has 0 aliphatic heterocycles. The van der Waals surface area contributed by atoms with Crippen LogP contribution in [-0.2, 0) is 6.61 Å². The molecule has 1 N–H and O–H groups in total. The van der Waals surface area contributed by atoms with E-state index in [1.54, 1.807) is 38.3 Å². The Hall–Kier alpha value is -3.81. The molecule has 0 unspecified atom stereocenters. The molecule has 0 saturated heterocycles. The Morgan fingerprint density at radius 2 is 1.93 bits per heavy atom. The minimum Gasteiger partial charge on any atom is -0.497 e. The number of methoxy groups -OCH3 is 1. The van der Waals surface area contributed by atoms with Gasteiger partial charge in [0.1, 0.15) is 23.9 Å². The molecule has 1 heterocycles. The van der Waals surface area contributed by atoms with E-state index in [9.17, 15) is 14.9 Å². The van der Waals surface area contributed by atoms with Gasteiger partial charge in [0.05, 0.1) is 12.0 Å². The highest BCUT2D eigenvalue weighted by molar-refractivity contribution is 6.02. The predicted octanol–water partition coefficient (Wildman–Crippen LogP) is 4.34. The molecule has 0 fully saturated rings. The van der Waals surface area contributed by atoms with Crippen LogP contribution in [0, 0.1) is 17.0 Å². The summed E-state index contributed by atoms with van der Waals surface area (Å²) in [6, 6.07) is 14.6. The summed E-state index contributed by atoms with van der Waals surface area (Å²) in [5, 5.41) is 13.5. The quantitative estimate of drug-likeness (QED) is 0.482. The molecule has 0 aliphatic carbocycles. The number of hydrogen-bond acceptors (Lipinski definition) is 6. The normalized spacial score (nSPS) is 10.4. The number of amides is 1. The average Bonchev–Trinajstić information content (AvgIpc) is 3.17. The van der Waals surface area contributed by atoms with Gasteiger partial charge in [0.25, 0.3) is 11.6 Å². The Morgan fingerprint density at radius 3 is 2.64 bits per heavy atom. The average molecular weight is 382 g/mol. The third-order valence-corrected chi connectivity index (χ3v) is 3.98. The van der Waals surface area contributed by atoms with Crippen molar-refractivity contribution in [2.24, 2.45) is 0 Å². The summed E-state index contributed by atoms with van der Waals surface area (Å²) in [7, 11) is 1.57. The van der Waals surface area contributed by atoms with E-state index in [1.807, 2.05) is 12.1 Å². The minimum atomic E-state index is -0.486. The molecule has 0 radical (unpaired) electrons. The number of nitrogens with one attached hydrogen (secondary N) is 1. The lowest BCUT2D eigenvalue weighted by molar-refractivity contribution is -0.384. The van der Waals surface area contributed by atoms with Crippen LogP contribution >= 0.6 is 0 Å². The number of carbonyl (C=O) groups is 1. The number of aryl methyl sites for hydroxylation is 1. The van der Waals surface area contributed by atoms with Crippen LogP contribution in [0.1, 0.15) is 21.9 Å². The highest BCUT2D eigenvalue weighted by Gasteiger charge is 2.15. The molecule has 8 heteroatoms. The maximum atomic E-state index is 12.4. The first-order chi connectivity index (χ1) is 13.5. The number of nitro groups is 1. The second-order valence-electron chi connectivity index (χ2n) is 5.94. The monoisotopic (exact) mass is 382 g/mol. The second kappa shape index (κ2) is 8.26. The van der Waals surface area contributed by atoms with Crippen LogP contribution in [0.25, 0.3) is 0 Å². The van der Waals surface area contributed by atoms with Crippen LogP contribution in [0.4, 0.5) is 11.4 Å². The number of non-ortho nitro benzene ring substituents is 1. The largest absolute Gasteiger partial charge is 0.497 e. The first-order valence-electron chi connectivity index (χ1n) is 8.38. The molecule has 28 heavy (non-hydrogen) atoms. The summed E-state index contributed by atoms with van der Waals surface area (Å²) >= 11 is 0. The van der Waals surface area contributed by atoms with Gasteiger partial charge >= 0.3 is 0 Å². The van der Waals surface area contributed by atoms with Gasteiger partial charge in [0.15, 0.2) is 5.76 Å². The Labute approximate surface area is 160 Å². The van der Waals surface area contributed by atoms with E-state index in [4.69, 9.17) is 13.9 Å². The lowest BCUT2D eigenvalue weighted by atomic mass is 10.2. The van der Waals surface area contributed by atoms with E-state index in [0.29, 0.717) is 28.5 Å². The van der Waals surface area contributed by atoms with Gasteiger partial charge in [0.2, 0.25) is 0 Å². The molecule has 2 aromatic carbocycles. The highest BCUT2D eigenvalue weighted by atomic mass is 16.6. The summed E-state index contributed by atoms with van der Waals surface area (Å²) in [6.07, 6.45) is 0. The molecular formula is C20H18N2O6. The summed E-state index contributed by atoms with van der Waals surface area (Å²) in [5.74, 6) is 1.43. The van der Waals surface area contributed by atoms with Crippen LogP contribution in [0.2, 0.25) is 0 Å². The lowest BCUT2D eigenvalue weighted by Crippen LogP contribution is -2.12. The lowest BCUT2D eigenvalue weighted by Gasteiger charge is -2.07. The van der Waals surface area contributed by atoms with E-state index in [1.165, 1.54) is 18.2 Å². The molecule has 0 bridgehead atoms. The summed E-state index contributed by atoms with van der Waals surface area (Å²) in [4.78, 5) is 22.7. The number of nitrogens with zero attached hydrogens (tertiary/aromatic N) is 1. The summed E-state index contributed by atoms with van der Waals surface area (Å²) in [6.45, 7) is 1.83. The summed E-state index contributed by atoms with van der Waals surface area (Å²) in [5.41, 5.74) is 1.02. The number of hydrogen-bond donors (Lipinski definition) is 1. The second-order valence-corrected chi connectivity index (χ2v) is 5.94. The number of furan rings is 1. The number of benzene rings is 2. The predicted molar refractivity (Wildman–Crippen MR) is 102 cm³/mol. The third-order valence-electron chi connectivity index (χ3n) is 3.98. The Kier molecular flexibility index (Phi) is 5.59. The fraction of sp³-hybridized carbons (Fsp3) is 0.150. The fourth-order valence-electron chi connectivity index (χ4n) is 2.51. The van der Waals surface area contributed by atoms with Crippen LogP contribution in [0.3, 0.4) is 0 Å². The molecule has 0 spiro atoms. The molecular weight excluding hydrogens is 364 g/mol. The highest BCUT2D eigenvalue weighted by Crippen LogP contribution is 2.23.